The van der Waals surface area contributed by atoms with E-state index in [0.717, 1.165) is 23.9 Å². The minimum absolute atomic E-state index is 0.107. The summed E-state index contributed by atoms with van der Waals surface area (Å²) < 4.78 is 14.0. The van der Waals surface area contributed by atoms with Crippen molar-refractivity contribution < 1.29 is 19.2 Å². The van der Waals surface area contributed by atoms with Crippen molar-refractivity contribution in [2.24, 2.45) is 0 Å². The van der Waals surface area contributed by atoms with Crippen molar-refractivity contribution in [1.82, 2.24) is 0 Å². The third kappa shape index (κ3) is 3.59. The Morgan fingerprint density at radius 1 is 1.29 bits per heavy atom. The van der Waals surface area contributed by atoms with Gasteiger partial charge in [0.2, 0.25) is 0 Å². The van der Waals surface area contributed by atoms with Crippen molar-refractivity contribution >= 4 is 39.3 Å². The molecule has 1 N–H and O–H groups in total. The summed E-state index contributed by atoms with van der Waals surface area (Å²) in [4.78, 5) is 22.1. The summed E-state index contributed by atoms with van der Waals surface area (Å²) in [6.45, 7) is 0. The van der Waals surface area contributed by atoms with Gasteiger partial charge in [-0.2, -0.15) is 0 Å². The second-order valence-electron chi connectivity index (χ2n) is 3.92. The van der Waals surface area contributed by atoms with E-state index in [2.05, 4.69) is 15.9 Å². The molecule has 108 valence electrons. The van der Waals surface area contributed by atoms with Gasteiger partial charge < -0.3 is 5.11 Å². The van der Waals surface area contributed by atoms with Crippen LogP contribution in [0.15, 0.2) is 50.7 Å². The van der Waals surface area contributed by atoms with Crippen molar-refractivity contribution in [1.29, 1.82) is 0 Å². The monoisotopic (exact) mass is 371 g/mol. The molecule has 0 aromatic heterocycles. The van der Waals surface area contributed by atoms with E-state index in [4.69, 9.17) is 5.11 Å². The SMILES string of the molecule is O=C(O)c1cc(Sc2cc(Br)ccc2[N+](=O)[O-])ccc1F. The van der Waals surface area contributed by atoms with Crippen LogP contribution in [-0.4, -0.2) is 16.0 Å². The number of hydrogen-bond acceptors (Lipinski definition) is 4. The number of nitro groups is 1. The van der Waals surface area contributed by atoms with E-state index in [1.54, 1.807) is 6.07 Å². The summed E-state index contributed by atoms with van der Waals surface area (Å²) in [6, 6.07) is 7.97. The van der Waals surface area contributed by atoms with Gasteiger partial charge in [-0.1, -0.05) is 27.7 Å². The Bertz CT molecular complexity index is 738. The van der Waals surface area contributed by atoms with E-state index in [9.17, 15) is 19.3 Å². The second kappa shape index (κ2) is 6.23. The molecule has 5 nitrogen and oxygen atoms in total. The van der Waals surface area contributed by atoms with E-state index in [1.165, 1.54) is 18.2 Å². The number of carboxylic acids is 1. The molecule has 0 aliphatic rings. The lowest BCUT2D eigenvalue weighted by atomic mass is 10.2. The van der Waals surface area contributed by atoms with Crippen LogP contribution in [0.2, 0.25) is 0 Å². The molecule has 21 heavy (non-hydrogen) atoms. The predicted octanol–water partition coefficient (Wildman–Crippen LogP) is 4.35. The number of aromatic carboxylic acids is 1. The van der Waals surface area contributed by atoms with Crippen molar-refractivity contribution in [3.05, 3.63) is 62.4 Å². The summed E-state index contributed by atoms with van der Waals surface area (Å²) in [5.41, 5.74) is -0.581. The van der Waals surface area contributed by atoms with Crippen LogP contribution in [0.25, 0.3) is 0 Å². The van der Waals surface area contributed by atoms with E-state index >= 15 is 0 Å². The molecule has 0 unspecified atom stereocenters. The van der Waals surface area contributed by atoms with Gasteiger partial charge >= 0.3 is 5.97 Å². The van der Waals surface area contributed by atoms with Gasteiger partial charge in [0, 0.05) is 15.4 Å². The fourth-order valence-electron chi connectivity index (χ4n) is 1.58. The molecule has 0 radical (unpaired) electrons. The van der Waals surface area contributed by atoms with Gasteiger partial charge in [0.15, 0.2) is 0 Å². The highest BCUT2D eigenvalue weighted by Crippen LogP contribution is 2.37. The standard InChI is InChI=1S/C13H7BrFNO4S/c14-7-1-4-11(16(19)20)12(5-7)21-8-2-3-10(15)9(6-8)13(17)18/h1-6H,(H,17,18). The lowest BCUT2D eigenvalue weighted by Crippen LogP contribution is -2.00. The van der Waals surface area contributed by atoms with Crippen LogP contribution < -0.4 is 0 Å². The van der Waals surface area contributed by atoms with Crippen LogP contribution in [0.5, 0.6) is 0 Å². The van der Waals surface area contributed by atoms with Crippen LogP contribution in [0.4, 0.5) is 10.1 Å². The maximum absolute atomic E-state index is 13.3. The first-order valence-electron chi connectivity index (χ1n) is 5.53. The van der Waals surface area contributed by atoms with E-state index < -0.39 is 22.3 Å². The fourth-order valence-corrected chi connectivity index (χ4v) is 3.09. The normalized spacial score (nSPS) is 10.4. The first-order valence-corrected chi connectivity index (χ1v) is 7.14. The smallest absolute Gasteiger partial charge is 0.338 e. The van der Waals surface area contributed by atoms with Gasteiger partial charge in [0.25, 0.3) is 5.69 Å². The second-order valence-corrected chi connectivity index (χ2v) is 5.95. The zero-order chi connectivity index (χ0) is 15.6. The quantitative estimate of drug-likeness (QED) is 0.638. The molecule has 8 heteroatoms. The Labute approximate surface area is 131 Å². The molecule has 0 atom stereocenters. The summed E-state index contributed by atoms with van der Waals surface area (Å²) in [5, 5.41) is 19.9. The maximum atomic E-state index is 13.3. The first-order chi connectivity index (χ1) is 9.88. The Morgan fingerprint density at radius 2 is 2.00 bits per heavy atom. The molecule has 2 aromatic carbocycles. The largest absolute Gasteiger partial charge is 0.478 e. The van der Waals surface area contributed by atoms with Crippen LogP contribution >= 0.6 is 27.7 Å². The molecule has 0 saturated heterocycles. The molecular weight excluding hydrogens is 365 g/mol. The molecule has 0 amide bonds. The highest BCUT2D eigenvalue weighted by Gasteiger charge is 2.17. The van der Waals surface area contributed by atoms with Gasteiger partial charge in [-0.05, 0) is 30.3 Å². The van der Waals surface area contributed by atoms with Gasteiger partial charge in [-0.25, -0.2) is 9.18 Å². The van der Waals surface area contributed by atoms with Crippen molar-refractivity contribution in [2.75, 3.05) is 0 Å². The van der Waals surface area contributed by atoms with Crippen LogP contribution in [0.1, 0.15) is 10.4 Å². The summed E-state index contributed by atoms with van der Waals surface area (Å²) >= 11 is 4.21. The Morgan fingerprint density at radius 3 is 2.62 bits per heavy atom. The topological polar surface area (TPSA) is 80.4 Å². The van der Waals surface area contributed by atoms with Gasteiger partial charge in [-0.3, -0.25) is 10.1 Å². The van der Waals surface area contributed by atoms with Gasteiger partial charge in [0.1, 0.15) is 5.82 Å². The Balaban J connectivity index is 2.43. The lowest BCUT2D eigenvalue weighted by Gasteiger charge is -2.05. The minimum atomic E-state index is -1.39. The first kappa shape index (κ1) is 15.5. The number of nitro benzene ring substituents is 1. The number of hydrogen-bond donors (Lipinski definition) is 1. The molecule has 0 saturated carbocycles. The zero-order valence-corrected chi connectivity index (χ0v) is 12.6. The molecule has 0 aliphatic heterocycles. The number of carboxylic acid groups (broad SMARTS) is 1. The van der Waals surface area contributed by atoms with Gasteiger partial charge in [0.05, 0.1) is 15.4 Å². The van der Waals surface area contributed by atoms with Crippen molar-refractivity contribution in [3.63, 3.8) is 0 Å². The number of carbonyl (C=O) groups is 1. The van der Waals surface area contributed by atoms with Gasteiger partial charge in [-0.15, -0.1) is 0 Å². The van der Waals surface area contributed by atoms with Crippen LogP contribution in [0, 0.1) is 15.9 Å². The van der Waals surface area contributed by atoms with E-state index in [1.807, 2.05) is 0 Å². The van der Waals surface area contributed by atoms with E-state index in [-0.39, 0.29) is 5.69 Å². The van der Waals surface area contributed by atoms with Crippen LogP contribution in [-0.2, 0) is 0 Å². The molecule has 0 fully saturated rings. The lowest BCUT2D eigenvalue weighted by molar-refractivity contribution is -0.387. The fraction of sp³-hybridized carbons (Fsp3) is 0. The highest BCUT2D eigenvalue weighted by molar-refractivity contribution is 9.10. The number of nitrogens with zero attached hydrogens (tertiary/aromatic N) is 1. The molecule has 0 spiro atoms. The number of rotatable bonds is 4. The average molecular weight is 372 g/mol. The van der Waals surface area contributed by atoms with Crippen molar-refractivity contribution in [2.45, 2.75) is 9.79 Å². The maximum Gasteiger partial charge on any atom is 0.338 e. The third-order valence-electron chi connectivity index (χ3n) is 2.51. The Kier molecular flexibility index (Phi) is 4.59. The third-order valence-corrected chi connectivity index (χ3v) is 4.04. The van der Waals surface area contributed by atoms with E-state index in [0.29, 0.717) is 14.3 Å². The summed E-state index contributed by atoms with van der Waals surface area (Å²) in [5.74, 6) is -2.24. The molecule has 0 bridgehead atoms. The zero-order valence-electron chi connectivity index (χ0n) is 10.2. The minimum Gasteiger partial charge on any atom is -0.478 e. The molecule has 0 heterocycles. The Hall–Kier alpha value is -1.93. The number of halogens is 2. The molecular formula is C13H7BrFNO4S. The predicted molar refractivity (Wildman–Crippen MR) is 78.3 cm³/mol. The molecule has 0 aliphatic carbocycles. The molecule has 2 aromatic rings. The average Bonchev–Trinajstić information content (AvgIpc) is 2.40. The van der Waals surface area contributed by atoms with Crippen LogP contribution in [0.3, 0.4) is 0 Å². The van der Waals surface area contributed by atoms with Crippen molar-refractivity contribution in [3.8, 4) is 0 Å². The highest BCUT2D eigenvalue weighted by atomic mass is 79.9. The summed E-state index contributed by atoms with van der Waals surface area (Å²) in [6.07, 6.45) is 0. The number of benzene rings is 2. The summed E-state index contributed by atoms with van der Waals surface area (Å²) in [7, 11) is 0. The molecule has 2 rings (SSSR count).